The van der Waals surface area contributed by atoms with Crippen molar-refractivity contribution in [2.45, 2.75) is 50.1 Å². The van der Waals surface area contributed by atoms with Gasteiger partial charge in [0.25, 0.3) is 5.91 Å². The number of likely N-dealkylation sites (tertiary alicyclic amines) is 1. The monoisotopic (exact) mass is 380 g/mol. The van der Waals surface area contributed by atoms with Gasteiger partial charge in [-0.3, -0.25) is 19.5 Å². The van der Waals surface area contributed by atoms with Gasteiger partial charge in [-0.25, -0.2) is 0 Å². The zero-order chi connectivity index (χ0) is 19.7. The smallest absolute Gasteiger partial charge is 0.252 e. The Morgan fingerprint density at radius 2 is 1.89 bits per heavy atom. The number of amides is 2. The van der Waals surface area contributed by atoms with E-state index in [0.29, 0.717) is 18.9 Å². The van der Waals surface area contributed by atoms with E-state index in [2.05, 4.69) is 15.5 Å². The zero-order valence-corrected chi connectivity index (χ0v) is 16.6. The number of aromatic nitrogens is 1. The summed E-state index contributed by atoms with van der Waals surface area (Å²) in [6.45, 7) is 0.592. The molecule has 2 fully saturated rings. The topological polar surface area (TPSA) is 74.3 Å². The summed E-state index contributed by atoms with van der Waals surface area (Å²) in [5.41, 5.74) is 2.64. The molecule has 2 heterocycles. The Morgan fingerprint density at radius 3 is 2.64 bits per heavy atom. The molecule has 0 radical (unpaired) electrons. The van der Waals surface area contributed by atoms with Crippen LogP contribution in [0.3, 0.4) is 0 Å². The Labute approximate surface area is 165 Å². The Morgan fingerprint density at radius 1 is 1.14 bits per heavy atom. The number of carbonyl (C=O) groups is 2. The van der Waals surface area contributed by atoms with Gasteiger partial charge in [-0.1, -0.05) is 18.2 Å². The highest BCUT2D eigenvalue weighted by atomic mass is 16.2. The molecule has 1 aromatic heterocycles. The molecule has 0 bridgehead atoms. The highest BCUT2D eigenvalue weighted by Crippen LogP contribution is 2.40. The minimum Gasteiger partial charge on any atom is -0.359 e. The number of carbonyl (C=O) groups excluding carboxylic acids is 2. The first-order valence-corrected chi connectivity index (χ1v) is 10.2. The van der Waals surface area contributed by atoms with E-state index >= 15 is 0 Å². The molecule has 148 valence electrons. The number of nitrogens with one attached hydrogen (secondary N) is 2. The minimum absolute atomic E-state index is 0.0383. The summed E-state index contributed by atoms with van der Waals surface area (Å²) in [6.07, 6.45) is 4.80. The lowest BCUT2D eigenvalue weighted by molar-refractivity contribution is -0.121. The largest absolute Gasteiger partial charge is 0.359 e. The lowest BCUT2D eigenvalue weighted by Gasteiger charge is -2.25. The van der Waals surface area contributed by atoms with Gasteiger partial charge in [0.2, 0.25) is 5.91 Å². The van der Waals surface area contributed by atoms with E-state index < -0.39 is 0 Å². The standard InChI is InChI=1S/C22H28N4O2/c1-23-21(27)11-15-9-10-16(26(15)2)13-24-22(28)18-12-20(14-7-8-14)25-19-6-4-3-5-17(18)19/h3-6,12,14-16H,7-11,13H2,1-2H3,(H,23,27)(H,24,28)/t15-,16+/m1/s1. The van der Waals surface area contributed by atoms with Crippen molar-refractivity contribution in [2.75, 3.05) is 20.6 Å². The minimum atomic E-state index is -0.0383. The molecule has 1 aromatic carbocycles. The molecule has 6 nitrogen and oxygen atoms in total. The average molecular weight is 380 g/mol. The number of para-hydroxylation sites is 1. The number of pyridine rings is 1. The van der Waals surface area contributed by atoms with Crippen LogP contribution in [0, 0.1) is 0 Å². The molecule has 1 aliphatic heterocycles. The van der Waals surface area contributed by atoms with E-state index in [0.717, 1.165) is 47.8 Å². The molecule has 28 heavy (non-hydrogen) atoms. The van der Waals surface area contributed by atoms with Crippen LogP contribution in [0.2, 0.25) is 0 Å². The Balaban J connectivity index is 1.45. The van der Waals surface area contributed by atoms with Crippen molar-refractivity contribution >= 4 is 22.7 Å². The van der Waals surface area contributed by atoms with Gasteiger partial charge in [-0.15, -0.1) is 0 Å². The van der Waals surface area contributed by atoms with Crippen LogP contribution in [0.4, 0.5) is 0 Å². The number of rotatable bonds is 6. The molecule has 1 aliphatic carbocycles. The second-order valence-electron chi connectivity index (χ2n) is 8.02. The normalized spacial score (nSPS) is 22.4. The second kappa shape index (κ2) is 7.87. The van der Waals surface area contributed by atoms with Gasteiger partial charge in [-0.2, -0.15) is 0 Å². The van der Waals surface area contributed by atoms with Crippen molar-refractivity contribution in [1.29, 1.82) is 0 Å². The summed E-state index contributed by atoms with van der Waals surface area (Å²) in [5, 5.41) is 6.73. The van der Waals surface area contributed by atoms with E-state index in [1.807, 2.05) is 37.4 Å². The maximum Gasteiger partial charge on any atom is 0.252 e. The summed E-state index contributed by atoms with van der Waals surface area (Å²) in [5.74, 6) is 0.531. The Kier molecular flexibility index (Phi) is 5.31. The third-order valence-electron chi connectivity index (χ3n) is 6.16. The Hall–Kier alpha value is -2.47. The summed E-state index contributed by atoms with van der Waals surface area (Å²) >= 11 is 0. The van der Waals surface area contributed by atoms with Crippen molar-refractivity contribution in [3.63, 3.8) is 0 Å². The number of hydrogen-bond acceptors (Lipinski definition) is 4. The van der Waals surface area contributed by atoms with Gasteiger partial charge in [-0.05, 0) is 44.9 Å². The predicted octanol–water partition coefficient (Wildman–Crippen LogP) is 2.44. The number of likely N-dealkylation sites (N-methyl/N-ethyl adjacent to an activating group) is 1. The fourth-order valence-corrected chi connectivity index (χ4v) is 4.18. The summed E-state index contributed by atoms with van der Waals surface area (Å²) in [4.78, 5) is 31.7. The van der Waals surface area contributed by atoms with Crippen LogP contribution < -0.4 is 10.6 Å². The fraction of sp³-hybridized carbons (Fsp3) is 0.500. The van der Waals surface area contributed by atoms with Crippen molar-refractivity contribution in [3.05, 3.63) is 41.6 Å². The van der Waals surface area contributed by atoms with Gasteiger partial charge >= 0.3 is 0 Å². The molecule has 2 amide bonds. The summed E-state index contributed by atoms with van der Waals surface area (Å²) in [7, 11) is 3.72. The van der Waals surface area contributed by atoms with Crippen LogP contribution in [0.1, 0.15) is 54.1 Å². The highest BCUT2D eigenvalue weighted by Gasteiger charge is 2.32. The molecule has 2 aromatic rings. The fourth-order valence-electron chi connectivity index (χ4n) is 4.18. The molecule has 1 saturated heterocycles. The molecule has 6 heteroatoms. The van der Waals surface area contributed by atoms with Crippen LogP contribution in [0.15, 0.2) is 30.3 Å². The van der Waals surface area contributed by atoms with Crippen molar-refractivity contribution in [3.8, 4) is 0 Å². The molecule has 1 saturated carbocycles. The predicted molar refractivity (Wildman–Crippen MR) is 109 cm³/mol. The van der Waals surface area contributed by atoms with Crippen molar-refractivity contribution < 1.29 is 9.59 Å². The van der Waals surface area contributed by atoms with E-state index in [1.54, 1.807) is 7.05 Å². The highest BCUT2D eigenvalue weighted by molar-refractivity contribution is 6.06. The van der Waals surface area contributed by atoms with Gasteiger partial charge in [0.15, 0.2) is 0 Å². The van der Waals surface area contributed by atoms with Crippen molar-refractivity contribution in [2.24, 2.45) is 0 Å². The average Bonchev–Trinajstić information content (AvgIpc) is 3.51. The first-order chi connectivity index (χ1) is 13.6. The number of benzene rings is 1. The van der Waals surface area contributed by atoms with Crippen LogP contribution in [-0.4, -0.2) is 54.4 Å². The molecule has 0 unspecified atom stereocenters. The molecular formula is C22H28N4O2. The lowest BCUT2D eigenvalue weighted by Crippen LogP contribution is -2.42. The zero-order valence-electron chi connectivity index (χ0n) is 16.6. The molecule has 2 atom stereocenters. The number of hydrogen-bond donors (Lipinski definition) is 2. The van der Waals surface area contributed by atoms with E-state index in [-0.39, 0.29) is 23.9 Å². The van der Waals surface area contributed by atoms with Crippen molar-refractivity contribution in [1.82, 2.24) is 20.5 Å². The Bertz CT molecular complexity index is 893. The second-order valence-corrected chi connectivity index (χ2v) is 8.02. The van der Waals surface area contributed by atoms with E-state index in [1.165, 1.54) is 0 Å². The van der Waals surface area contributed by atoms with Crippen LogP contribution in [-0.2, 0) is 4.79 Å². The molecule has 4 rings (SSSR count). The third kappa shape index (κ3) is 3.87. The third-order valence-corrected chi connectivity index (χ3v) is 6.16. The quantitative estimate of drug-likeness (QED) is 0.807. The van der Waals surface area contributed by atoms with Crippen LogP contribution in [0.5, 0.6) is 0 Å². The summed E-state index contributed by atoms with van der Waals surface area (Å²) < 4.78 is 0. The number of fused-ring (bicyclic) bond motifs is 1. The molecule has 0 spiro atoms. The molecule has 2 aliphatic rings. The maximum absolute atomic E-state index is 13.0. The summed E-state index contributed by atoms with van der Waals surface area (Å²) in [6, 6.07) is 10.3. The first kappa shape index (κ1) is 18.9. The van der Waals surface area contributed by atoms with Gasteiger partial charge in [0.05, 0.1) is 11.1 Å². The van der Waals surface area contributed by atoms with Crippen LogP contribution >= 0.6 is 0 Å². The van der Waals surface area contributed by atoms with Gasteiger partial charge < -0.3 is 10.6 Å². The lowest BCUT2D eigenvalue weighted by atomic mass is 10.1. The number of nitrogens with zero attached hydrogens (tertiary/aromatic N) is 2. The SMILES string of the molecule is CNC(=O)C[C@H]1CC[C@@H](CNC(=O)c2cc(C3CC3)nc3ccccc23)N1C. The van der Waals surface area contributed by atoms with Crippen LogP contribution in [0.25, 0.3) is 10.9 Å². The van der Waals surface area contributed by atoms with E-state index in [4.69, 9.17) is 4.98 Å². The van der Waals surface area contributed by atoms with Gasteiger partial charge in [0, 0.05) is 49.1 Å². The first-order valence-electron chi connectivity index (χ1n) is 10.2. The van der Waals surface area contributed by atoms with Gasteiger partial charge in [0.1, 0.15) is 0 Å². The van der Waals surface area contributed by atoms with E-state index in [9.17, 15) is 9.59 Å². The molecule has 2 N–H and O–H groups in total. The maximum atomic E-state index is 13.0. The molecular weight excluding hydrogens is 352 g/mol.